The Morgan fingerprint density at radius 1 is 0.943 bits per heavy atom. The van der Waals surface area contributed by atoms with Crippen LogP contribution in [0.4, 0.5) is 26.7 Å². The fraction of sp³-hybridized carbons (Fsp3) is 0.167. The van der Waals surface area contributed by atoms with Gasteiger partial charge in [0, 0.05) is 44.1 Å². The number of carbonyl (C=O) groups is 3. The Balaban J connectivity index is 1.36. The fourth-order valence-electron chi connectivity index (χ4n) is 3.52. The van der Waals surface area contributed by atoms with Gasteiger partial charge in [0.2, 0.25) is 0 Å². The molecular weight excluding hydrogens is 452 g/mol. The maximum Gasteiger partial charge on any atom is 0.412 e. The summed E-state index contributed by atoms with van der Waals surface area (Å²) in [7, 11) is 0. The van der Waals surface area contributed by atoms with Crippen LogP contribution in [0.25, 0.3) is 0 Å². The minimum Gasteiger partial charge on any atom is -0.457 e. The number of para-hydroxylation sites is 2. The number of nitrogens with one attached hydrogen (secondary N) is 3. The number of amides is 3. The van der Waals surface area contributed by atoms with Gasteiger partial charge in [-0.3, -0.25) is 0 Å². The molecule has 0 saturated carbocycles. The first kappa shape index (κ1) is 23.5. The van der Waals surface area contributed by atoms with E-state index in [0.717, 1.165) is 37.6 Å². The summed E-state index contributed by atoms with van der Waals surface area (Å²) in [5.74, 6) is -0.216. The minimum atomic E-state index is -1.22. The van der Waals surface area contributed by atoms with Crippen LogP contribution in [0.3, 0.4) is 0 Å². The largest absolute Gasteiger partial charge is 0.457 e. The van der Waals surface area contributed by atoms with Crippen molar-refractivity contribution in [1.29, 1.82) is 0 Å². The number of rotatable bonds is 6. The van der Waals surface area contributed by atoms with E-state index in [9.17, 15) is 14.4 Å². The van der Waals surface area contributed by atoms with Crippen LogP contribution >= 0.6 is 0 Å². The number of aromatic nitrogens is 1. The summed E-state index contributed by atoms with van der Waals surface area (Å²) >= 11 is 0. The van der Waals surface area contributed by atoms with Gasteiger partial charge in [-0.1, -0.05) is 12.1 Å². The van der Waals surface area contributed by atoms with Crippen LogP contribution in [0.5, 0.6) is 11.5 Å². The van der Waals surface area contributed by atoms with Crippen LogP contribution in [0.15, 0.2) is 66.9 Å². The van der Waals surface area contributed by atoms with Gasteiger partial charge in [-0.15, -0.1) is 0 Å². The third kappa shape index (κ3) is 6.45. The molecule has 1 saturated heterocycles. The first-order chi connectivity index (χ1) is 17.0. The van der Waals surface area contributed by atoms with Crippen LogP contribution < -0.4 is 31.3 Å². The van der Waals surface area contributed by atoms with E-state index in [1.807, 2.05) is 24.3 Å². The third-order valence-electron chi connectivity index (χ3n) is 5.09. The van der Waals surface area contributed by atoms with Gasteiger partial charge < -0.3 is 36.1 Å². The van der Waals surface area contributed by atoms with Crippen molar-refractivity contribution in [1.82, 2.24) is 10.3 Å². The second kappa shape index (κ2) is 11.0. The molecule has 11 heteroatoms. The molecule has 1 aliphatic heterocycles. The highest BCUT2D eigenvalue weighted by Gasteiger charge is 2.16. The van der Waals surface area contributed by atoms with E-state index in [1.165, 1.54) is 18.3 Å². The lowest BCUT2D eigenvalue weighted by atomic mass is 10.2. The predicted molar refractivity (Wildman–Crippen MR) is 130 cm³/mol. The Morgan fingerprint density at radius 3 is 2.43 bits per heavy atom. The molecule has 5 N–H and O–H groups in total. The van der Waals surface area contributed by atoms with Crippen LogP contribution in [0.2, 0.25) is 0 Å². The second-order valence-electron chi connectivity index (χ2n) is 7.55. The zero-order valence-electron chi connectivity index (χ0n) is 18.7. The van der Waals surface area contributed by atoms with Gasteiger partial charge in [-0.2, -0.15) is 0 Å². The van der Waals surface area contributed by atoms with Crippen LogP contribution in [-0.4, -0.2) is 49.3 Å². The molecule has 3 aromatic rings. The molecule has 1 aromatic heterocycles. The number of ether oxygens (including phenoxy) is 2. The molecule has 0 bridgehead atoms. The molecule has 2 aromatic carbocycles. The molecular formula is C24H24N6O5. The molecule has 3 amide bonds. The molecule has 0 radical (unpaired) electrons. The van der Waals surface area contributed by atoms with Crippen molar-refractivity contribution >= 4 is 35.2 Å². The minimum absolute atomic E-state index is 0.127. The summed E-state index contributed by atoms with van der Waals surface area (Å²) < 4.78 is 10.0. The van der Waals surface area contributed by atoms with Crippen molar-refractivity contribution in [3.05, 3.63) is 72.6 Å². The first-order valence-electron chi connectivity index (χ1n) is 10.9. The standard InChI is InChI=1S/C24H24N6O5/c25-23(32)35-22(31)20-15-18(9-10-27-20)34-17-7-5-16(6-8-17)28-24(33)29-19-3-1-2-4-21(19)30-13-11-26-12-14-30/h1-10,15,26H,11-14H2,(H2,25,32)(H2,28,29,33). The molecule has 0 atom stereocenters. The van der Waals surface area contributed by atoms with Gasteiger partial charge in [-0.25, -0.2) is 19.4 Å². The number of benzene rings is 2. The molecule has 0 aliphatic carbocycles. The number of urea groups is 1. The topological polar surface area (TPSA) is 148 Å². The van der Waals surface area contributed by atoms with Crippen molar-refractivity contribution in [2.75, 3.05) is 41.7 Å². The zero-order valence-corrected chi connectivity index (χ0v) is 18.7. The Labute approximate surface area is 201 Å². The predicted octanol–water partition coefficient (Wildman–Crippen LogP) is 3.16. The molecule has 11 nitrogen and oxygen atoms in total. The van der Waals surface area contributed by atoms with E-state index in [4.69, 9.17) is 10.5 Å². The maximum atomic E-state index is 12.6. The Bertz CT molecular complexity index is 1210. The summed E-state index contributed by atoms with van der Waals surface area (Å²) in [5.41, 5.74) is 6.99. The number of primary amides is 1. The fourth-order valence-corrected chi connectivity index (χ4v) is 3.52. The molecule has 1 fully saturated rings. The molecule has 0 spiro atoms. The van der Waals surface area contributed by atoms with Gasteiger partial charge in [0.05, 0.1) is 11.4 Å². The van der Waals surface area contributed by atoms with Crippen molar-refractivity contribution in [3.8, 4) is 11.5 Å². The van der Waals surface area contributed by atoms with E-state index in [0.29, 0.717) is 17.2 Å². The smallest absolute Gasteiger partial charge is 0.412 e. The lowest BCUT2D eigenvalue weighted by molar-refractivity contribution is 0.0631. The zero-order chi connectivity index (χ0) is 24.6. The Morgan fingerprint density at radius 2 is 1.69 bits per heavy atom. The van der Waals surface area contributed by atoms with E-state index in [1.54, 1.807) is 24.3 Å². The van der Waals surface area contributed by atoms with E-state index in [2.05, 4.69) is 30.6 Å². The quantitative estimate of drug-likeness (QED) is 0.313. The van der Waals surface area contributed by atoms with Crippen molar-refractivity contribution in [2.24, 2.45) is 5.73 Å². The molecule has 4 rings (SSSR count). The average molecular weight is 476 g/mol. The lowest BCUT2D eigenvalue weighted by Crippen LogP contribution is -2.43. The molecule has 2 heterocycles. The third-order valence-corrected chi connectivity index (χ3v) is 5.09. The summed E-state index contributed by atoms with van der Waals surface area (Å²) in [6.45, 7) is 3.53. The first-order valence-corrected chi connectivity index (χ1v) is 10.9. The average Bonchev–Trinajstić information content (AvgIpc) is 2.86. The number of carbonyl (C=O) groups excluding carboxylic acids is 3. The molecule has 0 unspecified atom stereocenters. The van der Waals surface area contributed by atoms with E-state index < -0.39 is 12.1 Å². The second-order valence-corrected chi connectivity index (χ2v) is 7.55. The summed E-state index contributed by atoms with van der Waals surface area (Å²) in [4.78, 5) is 41.2. The number of nitrogens with zero attached hydrogens (tertiary/aromatic N) is 2. The number of pyridine rings is 1. The maximum absolute atomic E-state index is 12.6. The van der Waals surface area contributed by atoms with Gasteiger partial charge in [0.15, 0.2) is 5.69 Å². The van der Waals surface area contributed by atoms with Crippen molar-refractivity contribution in [3.63, 3.8) is 0 Å². The number of piperazine rings is 1. The highest BCUT2D eigenvalue weighted by atomic mass is 16.6. The summed E-state index contributed by atoms with van der Waals surface area (Å²) in [6.07, 6.45) is 0.119. The summed E-state index contributed by atoms with van der Waals surface area (Å²) in [6, 6.07) is 16.9. The van der Waals surface area contributed by atoms with Gasteiger partial charge in [0.1, 0.15) is 11.5 Å². The van der Waals surface area contributed by atoms with Gasteiger partial charge in [0.25, 0.3) is 0 Å². The number of anilines is 3. The monoisotopic (exact) mass is 476 g/mol. The Hall–Kier alpha value is -4.64. The van der Waals surface area contributed by atoms with Crippen LogP contribution in [-0.2, 0) is 4.74 Å². The normalized spacial score (nSPS) is 13.0. The number of hydrogen-bond acceptors (Lipinski definition) is 8. The highest BCUT2D eigenvalue weighted by Crippen LogP contribution is 2.27. The molecule has 35 heavy (non-hydrogen) atoms. The van der Waals surface area contributed by atoms with Gasteiger partial charge >= 0.3 is 18.1 Å². The summed E-state index contributed by atoms with van der Waals surface area (Å²) in [5, 5.41) is 9.04. The number of hydrogen-bond donors (Lipinski definition) is 4. The lowest BCUT2D eigenvalue weighted by Gasteiger charge is -2.31. The van der Waals surface area contributed by atoms with Gasteiger partial charge in [-0.05, 0) is 42.5 Å². The van der Waals surface area contributed by atoms with Crippen LogP contribution in [0.1, 0.15) is 10.5 Å². The van der Waals surface area contributed by atoms with Crippen molar-refractivity contribution in [2.45, 2.75) is 0 Å². The molecule has 1 aliphatic rings. The SMILES string of the molecule is NC(=O)OC(=O)c1cc(Oc2ccc(NC(=O)Nc3ccccc3N3CCNCC3)cc2)ccn1. The van der Waals surface area contributed by atoms with Crippen molar-refractivity contribution < 1.29 is 23.9 Å². The Kier molecular flexibility index (Phi) is 7.38. The van der Waals surface area contributed by atoms with E-state index >= 15 is 0 Å². The molecule has 180 valence electrons. The van der Waals surface area contributed by atoms with E-state index in [-0.39, 0.29) is 11.7 Å². The highest BCUT2D eigenvalue weighted by molar-refractivity contribution is 6.02. The number of esters is 1. The number of nitrogens with two attached hydrogens (primary N) is 1. The van der Waals surface area contributed by atoms with Crippen LogP contribution in [0, 0.1) is 0 Å².